The van der Waals surface area contributed by atoms with Gasteiger partial charge in [-0.25, -0.2) is 4.39 Å². The van der Waals surface area contributed by atoms with Gasteiger partial charge in [0.2, 0.25) is 6.79 Å². The second kappa shape index (κ2) is 9.53. The van der Waals surface area contributed by atoms with Crippen LogP contribution in [-0.4, -0.2) is 23.6 Å². The Kier molecular flexibility index (Phi) is 6.15. The lowest BCUT2D eigenvalue weighted by Crippen LogP contribution is -2.38. The topological polar surface area (TPSA) is 48.0 Å². The van der Waals surface area contributed by atoms with E-state index in [0.717, 1.165) is 31.2 Å². The zero-order valence-electron chi connectivity index (χ0n) is 18.3. The van der Waals surface area contributed by atoms with E-state index in [1.165, 1.54) is 6.07 Å². The molecule has 5 rings (SSSR count). The van der Waals surface area contributed by atoms with Gasteiger partial charge < -0.3 is 19.1 Å². The van der Waals surface area contributed by atoms with Crippen LogP contribution in [0, 0.1) is 5.82 Å². The van der Waals surface area contributed by atoms with E-state index in [0.29, 0.717) is 34.9 Å². The number of hydrogen-bond acceptors (Lipinski definition) is 4. The summed E-state index contributed by atoms with van der Waals surface area (Å²) in [5, 5.41) is 0. The summed E-state index contributed by atoms with van der Waals surface area (Å²) in [5.74, 6) is 1.67. The van der Waals surface area contributed by atoms with Crippen LogP contribution in [0.25, 0.3) is 0 Å². The van der Waals surface area contributed by atoms with Gasteiger partial charge in [0.25, 0.3) is 5.91 Å². The zero-order chi connectivity index (χ0) is 22.6. The number of nitrogens with zero attached hydrogens (tertiary/aromatic N) is 1. The Morgan fingerprint density at radius 3 is 2.52 bits per heavy atom. The monoisotopic (exact) mass is 447 g/mol. The summed E-state index contributed by atoms with van der Waals surface area (Å²) >= 11 is 0. The van der Waals surface area contributed by atoms with Crippen molar-refractivity contribution in [3.8, 4) is 17.2 Å². The Labute approximate surface area is 192 Å². The zero-order valence-corrected chi connectivity index (χ0v) is 18.3. The maximum Gasteiger partial charge on any atom is 0.254 e. The molecule has 3 aromatic carbocycles. The fourth-order valence-corrected chi connectivity index (χ4v) is 4.44. The lowest BCUT2D eigenvalue weighted by Gasteiger charge is -2.29. The molecule has 0 bridgehead atoms. The molecule has 1 amide bonds. The normalized spacial score (nSPS) is 14.9. The van der Waals surface area contributed by atoms with Crippen LogP contribution in [0.2, 0.25) is 0 Å². The van der Waals surface area contributed by atoms with Crippen LogP contribution in [0.4, 0.5) is 4.39 Å². The lowest BCUT2D eigenvalue weighted by molar-refractivity contribution is 0.0664. The highest BCUT2D eigenvalue weighted by Crippen LogP contribution is 2.34. The molecule has 1 heterocycles. The number of amides is 1. The first kappa shape index (κ1) is 21.3. The first-order chi connectivity index (χ1) is 16.2. The number of ether oxygens (including phenoxy) is 3. The number of benzene rings is 3. The number of carbonyl (C=O) groups excluding carboxylic acids is 1. The predicted molar refractivity (Wildman–Crippen MR) is 122 cm³/mol. The van der Waals surface area contributed by atoms with Crippen molar-refractivity contribution < 1.29 is 23.4 Å². The third kappa shape index (κ3) is 4.80. The van der Waals surface area contributed by atoms with Crippen LogP contribution in [0.1, 0.15) is 47.2 Å². The van der Waals surface area contributed by atoms with E-state index in [1.807, 2.05) is 29.2 Å². The summed E-state index contributed by atoms with van der Waals surface area (Å²) in [5.41, 5.74) is 2.15. The van der Waals surface area contributed by atoms with E-state index in [-0.39, 0.29) is 31.2 Å². The second-order valence-corrected chi connectivity index (χ2v) is 8.46. The molecule has 0 unspecified atom stereocenters. The molecule has 1 aliphatic carbocycles. The molecule has 0 aromatic heterocycles. The molecular formula is C27H26FNO4. The molecule has 2 aliphatic rings. The molecule has 1 saturated carbocycles. The highest BCUT2D eigenvalue weighted by atomic mass is 19.1. The Hall–Kier alpha value is -3.54. The Balaban J connectivity index is 1.29. The standard InChI is InChI=1S/C27H26FNO4/c28-24-8-4-1-5-21(24)17-31-23-12-9-19(10-13-23)16-29(22-6-2-3-7-22)27(30)20-11-14-25-26(15-20)33-18-32-25/h1,4-5,8-15,22H,2-3,6-7,16-18H2. The Morgan fingerprint density at radius 2 is 1.73 bits per heavy atom. The van der Waals surface area contributed by atoms with E-state index in [4.69, 9.17) is 14.2 Å². The van der Waals surface area contributed by atoms with Crippen LogP contribution in [0.3, 0.4) is 0 Å². The van der Waals surface area contributed by atoms with Gasteiger partial charge in [-0.05, 0) is 54.8 Å². The largest absolute Gasteiger partial charge is 0.489 e. The van der Waals surface area contributed by atoms with Crippen LogP contribution in [0.5, 0.6) is 17.2 Å². The first-order valence-corrected chi connectivity index (χ1v) is 11.3. The maximum absolute atomic E-state index is 13.8. The van der Waals surface area contributed by atoms with Gasteiger partial charge in [0.15, 0.2) is 11.5 Å². The summed E-state index contributed by atoms with van der Waals surface area (Å²) in [6, 6.07) is 19.8. The predicted octanol–water partition coefficient (Wildman–Crippen LogP) is 5.72. The van der Waals surface area contributed by atoms with Gasteiger partial charge in [0.1, 0.15) is 18.2 Å². The average Bonchev–Trinajstić information content (AvgIpc) is 3.54. The number of carbonyl (C=O) groups is 1. The van der Waals surface area contributed by atoms with Crippen molar-refractivity contribution in [2.45, 2.75) is 44.9 Å². The van der Waals surface area contributed by atoms with Gasteiger partial charge in [-0.2, -0.15) is 0 Å². The third-order valence-corrected chi connectivity index (χ3v) is 6.27. The molecule has 0 atom stereocenters. The van der Waals surface area contributed by atoms with Gasteiger partial charge in [0, 0.05) is 23.7 Å². The third-order valence-electron chi connectivity index (χ3n) is 6.27. The van der Waals surface area contributed by atoms with E-state index in [9.17, 15) is 9.18 Å². The fraction of sp³-hybridized carbons (Fsp3) is 0.296. The van der Waals surface area contributed by atoms with E-state index in [1.54, 1.807) is 36.4 Å². The van der Waals surface area contributed by atoms with E-state index >= 15 is 0 Å². The molecule has 0 N–H and O–H groups in total. The minimum atomic E-state index is -0.275. The smallest absolute Gasteiger partial charge is 0.254 e. The van der Waals surface area contributed by atoms with Gasteiger partial charge in [-0.1, -0.05) is 43.2 Å². The summed E-state index contributed by atoms with van der Waals surface area (Å²) in [7, 11) is 0. The van der Waals surface area contributed by atoms with Crippen LogP contribution in [-0.2, 0) is 13.2 Å². The SMILES string of the molecule is O=C(c1ccc2c(c1)OCO2)N(Cc1ccc(OCc2ccccc2F)cc1)C1CCCC1. The van der Waals surface area contributed by atoms with Crippen molar-refractivity contribution in [2.75, 3.05) is 6.79 Å². The van der Waals surface area contributed by atoms with Gasteiger partial charge in [-0.3, -0.25) is 4.79 Å². The maximum atomic E-state index is 13.8. The molecule has 33 heavy (non-hydrogen) atoms. The molecule has 170 valence electrons. The second-order valence-electron chi connectivity index (χ2n) is 8.46. The molecule has 3 aromatic rings. The fourth-order valence-electron chi connectivity index (χ4n) is 4.44. The number of rotatable bonds is 7. The molecule has 0 spiro atoms. The van der Waals surface area contributed by atoms with Gasteiger partial charge in [-0.15, -0.1) is 0 Å². The molecule has 1 aliphatic heterocycles. The summed E-state index contributed by atoms with van der Waals surface area (Å²) < 4.78 is 30.4. The van der Waals surface area contributed by atoms with Crippen molar-refractivity contribution in [1.82, 2.24) is 4.90 Å². The highest BCUT2D eigenvalue weighted by molar-refractivity contribution is 5.95. The first-order valence-electron chi connectivity index (χ1n) is 11.3. The van der Waals surface area contributed by atoms with E-state index in [2.05, 4.69) is 0 Å². The van der Waals surface area contributed by atoms with Crippen LogP contribution >= 0.6 is 0 Å². The molecule has 1 fully saturated rings. The van der Waals surface area contributed by atoms with Crippen molar-refractivity contribution in [2.24, 2.45) is 0 Å². The summed E-state index contributed by atoms with van der Waals surface area (Å²) in [4.78, 5) is 15.4. The van der Waals surface area contributed by atoms with E-state index < -0.39 is 0 Å². The minimum Gasteiger partial charge on any atom is -0.489 e. The number of hydrogen-bond donors (Lipinski definition) is 0. The summed E-state index contributed by atoms with van der Waals surface area (Å²) in [6.45, 7) is 0.874. The molecule has 0 radical (unpaired) electrons. The van der Waals surface area contributed by atoms with Crippen molar-refractivity contribution in [3.05, 3.63) is 89.2 Å². The molecule has 0 saturated heterocycles. The molecular weight excluding hydrogens is 421 g/mol. The van der Waals surface area contributed by atoms with Crippen molar-refractivity contribution >= 4 is 5.91 Å². The number of fused-ring (bicyclic) bond motifs is 1. The van der Waals surface area contributed by atoms with Gasteiger partial charge >= 0.3 is 0 Å². The highest BCUT2D eigenvalue weighted by Gasteiger charge is 2.28. The number of halogens is 1. The van der Waals surface area contributed by atoms with Crippen LogP contribution in [0.15, 0.2) is 66.7 Å². The summed E-state index contributed by atoms with van der Waals surface area (Å²) in [6.07, 6.45) is 4.30. The Morgan fingerprint density at radius 1 is 0.970 bits per heavy atom. The molecule has 5 nitrogen and oxygen atoms in total. The lowest BCUT2D eigenvalue weighted by atomic mass is 10.1. The van der Waals surface area contributed by atoms with Crippen molar-refractivity contribution in [1.29, 1.82) is 0 Å². The van der Waals surface area contributed by atoms with Crippen LogP contribution < -0.4 is 14.2 Å². The quantitative estimate of drug-likeness (QED) is 0.465. The average molecular weight is 448 g/mol. The molecule has 6 heteroatoms. The van der Waals surface area contributed by atoms with Gasteiger partial charge in [0.05, 0.1) is 0 Å². The minimum absolute atomic E-state index is 0.0000735. The van der Waals surface area contributed by atoms with Crippen molar-refractivity contribution in [3.63, 3.8) is 0 Å². The Bertz CT molecular complexity index is 1130.